The Morgan fingerprint density at radius 1 is 1.03 bits per heavy atom. The van der Waals surface area contributed by atoms with Crippen molar-refractivity contribution in [2.45, 2.75) is 69.5 Å². The van der Waals surface area contributed by atoms with Crippen molar-refractivity contribution in [3.05, 3.63) is 42.4 Å². The maximum Gasteiger partial charge on any atom is 0.304 e. The van der Waals surface area contributed by atoms with Crippen LogP contribution in [-0.2, 0) is 25.9 Å². The van der Waals surface area contributed by atoms with Gasteiger partial charge in [-0.2, -0.15) is 14.3 Å². The number of hydrogen-bond donors (Lipinski definition) is 2. The number of hydrogen-bond acceptors (Lipinski definition) is 5. The van der Waals surface area contributed by atoms with Crippen molar-refractivity contribution in [1.29, 1.82) is 0 Å². The van der Waals surface area contributed by atoms with Gasteiger partial charge in [0.05, 0.1) is 0 Å². The zero-order valence-corrected chi connectivity index (χ0v) is 17.2. The number of aromatic nitrogens is 1. The van der Waals surface area contributed by atoms with Crippen molar-refractivity contribution in [3.8, 4) is 0 Å². The predicted molar refractivity (Wildman–Crippen MR) is 106 cm³/mol. The minimum atomic E-state index is -0.676. The second kappa shape index (κ2) is 7.04. The first-order chi connectivity index (χ1) is 14.6. The van der Waals surface area contributed by atoms with Crippen LogP contribution in [0.3, 0.4) is 0 Å². The first kappa shape index (κ1) is 18.8. The van der Waals surface area contributed by atoms with Crippen molar-refractivity contribution >= 4 is 5.91 Å². The Labute approximate surface area is 176 Å². The molecule has 1 atom stereocenters. The van der Waals surface area contributed by atoms with E-state index >= 15 is 0 Å². The lowest BCUT2D eigenvalue weighted by Crippen LogP contribution is -2.59. The fraction of sp³-hybridized carbons (Fsp3) is 0.652. The SMILES string of the molecule is O=C(C[n+]1ccccc1)NNC1=CCC2(CC1)OOC1(O2)C2CC3CC(C2)CC1C3. The standard InChI is InChI=1S/C23H29N3O4/c27-21(15-26-8-2-1-3-9-26)25-24-20-4-6-22(7-5-20)28-23(30-29-22)18-11-16-10-17(13-18)14-19(23)12-16/h1-4,8-9,16-19,24H,5-7,10-15H2/p+1. The van der Waals surface area contributed by atoms with Gasteiger partial charge in [-0.25, -0.2) is 0 Å². The summed E-state index contributed by atoms with van der Waals surface area (Å²) in [5.41, 5.74) is 6.85. The molecular formula is C23H30N3O4+. The average Bonchev–Trinajstić information content (AvgIpc) is 3.12. The second-order valence-corrected chi connectivity index (χ2v) is 9.86. The number of nitrogens with one attached hydrogen (secondary N) is 2. The van der Waals surface area contributed by atoms with Crippen LogP contribution in [0.4, 0.5) is 0 Å². The smallest absolute Gasteiger partial charge is 0.304 e. The lowest BCUT2D eigenvalue weighted by atomic mass is 9.53. The van der Waals surface area contributed by atoms with Crippen LogP contribution in [0.15, 0.2) is 42.4 Å². The quantitative estimate of drug-likeness (QED) is 0.452. The van der Waals surface area contributed by atoms with Crippen molar-refractivity contribution in [3.63, 3.8) is 0 Å². The van der Waals surface area contributed by atoms with Gasteiger partial charge in [0.25, 0.3) is 0 Å². The topological polar surface area (TPSA) is 72.7 Å². The summed E-state index contributed by atoms with van der Waals surface area (Å²) in [4.78, 5) is 24.2. The molecule has 4 saturated carbocycles. The molecule has 30 heavy (non-hydrogen) atoms. The molecule has 1 amide bonds. The predicted octanol–water partition coefficient (Wildman–Crippen LogP) is 2.49. The summed E-state index contributed by atoms with van der Waals surface area (Å²) in [6, 6.07) is 5.74. The van der Waals surface area contributed by atoms with E-state index in [-0.39, 0.29) is 12.5 Å². The van der Waals surface area contributed by atoms with Crippen molar-refractivity contribution < 1.29 is 23.9 Å². The molecule has 2 N–H and O–H groups in total. The molecule has 4 bridgehead atoms. The Balaban J connectivity index is 1.06. The molecule has 5 aliphatic carbocycles. The number of ether oxygens (including phenoxy) is 1. The van der Waals surface area contributed by atoms with Gasteiger partial charge >= 0.3 is 5.91 Å². The number of carbonyl (C=O) groups excluding carboxylic acids is 1. The summed E-state index contributed by atoms with van der Waals surface area (Å²) >= 11 is 0. The number of amides is 1. The summed E-state index contributed by atoms with van der Waals surface area (Å²) in [6.45, 7) is 0.276. The summed E-state index contributed by atoms with van der Waals surface area (Å²) in [5, 5.41) is 0. The molecule has 1 aliphatic heterocycles. The largest absolute Gasteiger partial charge is 0.311 e. The number of nitrogens with zero attached hydrogens (tertiary/aromatic N) is 1. The Kier molecular flexibility index (Phi) is 4.41. The summed E-state index contributed by atoms with van der Waals surface area (Å²) < 4.78 is 8.54. The molecule has 0 radical (unpaired) electrons. The molecule has 5 fully saturated rings. The van der Waals surface area contributed by atoms with Crippen LogP contribution in [0, 0.1) is 23.7 Å². The molecule has 2 spiro atoms. The van der Waals surface area contributed by atoms with Gasteiger partial charge in [-0.3, -0.25) is 10.2 Å². The van der Waals surface area contributed by atoms with Gasteiger partial charge in [-0.05, 0) is 50.4 Å². The number of allylic oxidation sites excluding steroid dienone is 1. The molecule has 0 aromatic carbocycles. The molecule has 1 unspecified atom stereocenters. The van der Waals surface area contributed by atoms with Gasteiger partial charge in [-0.1, -0.05) is 12.1 Å². The average molecular weight is 413 g/mol. The zero-order chi connectivity index (χ0) is 20.2. The molecule has 160 valence electrons. The number of carbonyl (C=O) groups is 1. The third-order valence-corrected chi connectivity index (χ3v) is 7.85. The van der Waals surface area contributed by atoms with Gasteiger partial charge in [0.15, 0.2) is 12.4 Å². The highest BCUT2D eigenvalue weighted by Gasteiger charge is 2.66. The monoisotopic (exact) mass is 412 g/mol. The van der Waals surface area contributed by atoms with Crippen LogP contribution in [0.25, 0.3) is 0 Å². The number of hydrazine groups is 1. The number of pyridine rings is 1. The van der Waals surface area contributed by atoms with Gasteiger partial charge in [-0.15, -0.1) is 0 Å². The lowest BCUT2D eigenvalue weighted by molar-refractivity contribution is -0.684. The van der Waals surface area contributed by atoms with Gasteiger partial charge < -0.3 is 10.2 Å². The lowest BCUT2D eigenvalue weighted by Gasteiger charge is -2.57. The van der Waals surface area contributed by atoms with Crippen molar-refractivity contribution in [1.82, 2.24) is 10.9 Å². The van der Waals surface area contributed by atoms with Crippen LogP contribution in [0.2, 0.25) is 0 Å². The van der Waals surface area contributed by atoms with E-state index < -0.39 is 11.6 Å². The normalized spacial score (nSPS) is 41.3. The highest BCUT2D eigenvalue weighted by atomic mass is 17.3. The van der Waals surface area contributed by atoms with E-state index in [1.165, 1.54) is 32.1 Å². The summed E-state index contributed by atoms with van der Waals surface area (Å²) in [7, 11) is 0. The molecule has 7 nitrogen and oxygen atoms in total. The minimum absolute atomic E-state index is 0.0864. The van der Waals surface area contributed by atoms with Crippen molar-refractivity contribution in [2.75, 3.05) is 0 Å². The first-order valence-electron chi connectivity index (χ1n) is 11.4. The van der Waals surface area contributed by atoms with Crippen LogP contribution < -0.4 is 15.4 Å². The second-order valence-electron chi connectivity index (χ2n) is 9.86. The van der Waals surface area contributed by atoms with Gasteiger partial charge in [0.2, 0.25) is 18.1 Å². The van der Waals surface area contributed by atoms with Crippen LogP contribution in [-0.4, -0.2) is 17.5 Å². The highest BCUT2D eigenvalue weighted by Crippen LogP contribution is 2.63. The van der Waals surface area contributed by atoms with Crippen LogP contribution >= 0.6 is 0 Å². The van der Waals surface area contributed by atoms with E-state index in [0.717, 1.165) is 30.4 Å². The Hall–Kier alpha value is -1.96. The van der Waals surface area contributed by atoms with Gasteiger partial charge in [0.1, 0.15) is 0 Å². The number of rotatable bonds is 4. The van der Waals surface area contributed by atoms with Crippen molar-refractivity contribution in [2.24, 2.45) is 23.7 Å². The molecule has 7 heteroatoms. The zero-order valence-electron chi connectivity index (χ0n) is 17.2. The van der Waals surface area contributed by atoms with Gasteiger partial charge in [0, 0.05) is 42.5 Å². The maximum absolute atomic E-state index is 12.2. The van der Waals surface area contributed by atoms with E-state index in [1.807, 2.05) is 35.2 Å². The summed E-state index contributed by atoms with van der Waals surface area (Å²) in [5.74, 6) is 1.40. The molecule has 1 aromatic rings. The maximum atomic E-state index is 12.2. The fourth-order valence-corrected chi connectivity index (χ4v) is 6.59. The molecule has 7 rings (SSSR count). The van der Waals surface area contributed by atoms with E-state index in [2.05, 4.69) is 16.9 Å². The molecule has 6 aliphatic rings. The Morgan fingerprint density at radius 3 is 2.43 bits per heavy atom. The van der Waals surface area contributed by atoms with E-state index in [0.29, 0.717) is 18.3 Å². The van der Waals surface area contributed by atoms with E-state index in [4.69, 9.17) is 14.5 Å². The summed E-state index contributed by atoms with van der Waals surface area (Å²) in [6.07, 6.45) is 14.2. The third kappa shape index (κ3) is 3.15. The van der Waals surface area contributed by atoms with E-state index in [9.17, 15) is 4.79 Å². The highest BCUT2D eigenvalue weighted by molar-refractivity contribution is 5.73. The van der Waals surface area contributed by atoms with Crippen LogP contribution in [0.1, 0.15) is 51.4 Å². The molecule has 1 aromatic heterocycles. The molecule has 1 saturated heterocycles. The Bertz CT molecular complexity index is 829. The third-order valence-electron chi connectivity index (χ3n) is 7.85. The fourth-order valence-electron chi connectivity index (χ4n) is 6.59. The van der Waals surface area contributed by atoms with Crippen LogP contribution in [0.5, 0.6) is 0 Å². The molecular weight excluding hydrogens is 382 g/mol. The first-order valence-corrected chi connectivity index (χ1v) is 11.4. The Morgan fingerprint density at radius 2 is 1.77 bits per heavy atom. The van der Waals surface area contributed by atoms with E-state index in [1.54, 1.807) is 0 Å². The molecule has 2 heterocycles. The minimum Gasteiger partial charge on any atom is -0.311 e.